The standard InChI is InChI=1S/C5H5NO2/c1-2-5(6-8)3-4-7/h2-3,8H,1H2/b6-5-. The highest BCUT2D eigenvalue weighted by molar-refractivity contribution is 6.07. The van der Waals surface area contributed by atoms with Crippen molar-refractivity contribution in [3.63, 3.8) is 0 Å². The highest BCUT2D eigenvalue weighted by atomic mass is 16.4. The van der Waals surface area contributed by atoms with Crippen LogP contribution in [0.25, 0.3) is 0 Å². The molecule has 0 spiro atoms. The van der Waals surface area contributed by atoms with Gasteiger partial charge < -0.3 is 5.21 Å². The fourth-order valence-corrected chi connectivity index (χ4v) is 0.189. The molecule has 0 aromatic carbocycles. The maximum atomic E-state index is 9.51. The molecule has 1 N–H and O–H groups in total. The second kappa shape index (κ2) is 3.84. The highest BCUT2D eigenvalue weighted by Gasteiger charge is 1.81. The van der Waals surface area contributed by atoms with Gasteiger partial charge in [-0.05, 0) is 6.08 Å². The summed E-state index contributed by atoms with van der Waals surface area (Å²) in [4.78, 5) is 9.51. The Hall–Kier alpha value is -1.34. The number of nitrogens with zero attached hydrogens (tertiary/aromatic N) is 1. The zero-order valence-electron chi connectivity index (χ0n) is 4.16. The molecule has 0 atom stereocenters. The Labute approximate surface area is 46.6 Å². The molecule has 0 aromatic rings. The third-order valence-corrected chi connectivity index (χ3v) is 0.531. The van der Waals surface area contributed by atoms with E-state index >= 15 is 0 Å². The molecule has 0 aliphatic rings. The lowest BCUT2D eigenvalue weighted by molar-refractivity contribution is 0.320. The van der Waals surface area contributed by atoms with Gasteiger partial charge in [-0.1, -0.05) is 11.7 Å². The topological polar surface area (TPSA) is 49.7 Å². The van der Waals surface area contributed by atoms with E-state index in [1.165, 1.54) is 12.0 Å². The lowest BCUT2D eigenvalue weighted by atomic mass is 10.4. The molecule has 0 aliphatic heterocycles. The normalized spacial score (nSPS) is 9.75. The summed E-state index contributed by atoms with van der Waals surface area (Å²) in [5.41, 5.74) is 0.111. The molecule has 0 bridgehead atoms. The van der Waals surface area contributed by atoms with Gasteiger partial charge in [-0.2, -0.15) is 0 Å². The minimum absolute atomic E-state index is 0.111. The molecule has 0 radical (unpaired) electrons. The number of oxime groups is 1. The van der Waals surface area contributed by atoms with Gasteiger partial charge in [-0.15, -0.1) is 0 Å². The molecule has 0 saturated heterocycles. The van der Waals surface area contributed by atoms with Crippen molar-refractivity contribution in [3.8, 4) is 0 Å². The summed E-state index contributed by atoms with van der Waals surface area (Å²) in [6.45, 7) is 3.25. The van der Waals surface area contributed by atoms with Gasteiger partial charge in [0, 0.05) is 0 Å². The van der Waals surface area contributed by atoms with Crippen molar-refractivity contribution >= 4 is 11.7 Å². The van der Waals surface area contributed by atoms with Crippen LogP contribution in [0.4, 0.5) is 0 Å². The first-order valence-electron chi connectivity index (χ1n) is 1.90. The van der Waals surface area contributed by atoms with Gasteiger partial charge in [0.25, 0.3) is 0 Å². The van der Waals surface area contributed by atoms with Gasteiger partial charge in [0.2, 0.25) is 0 Å². The molecule has 0 aromatic heterocycles. The first kappa shape index (κ1) is 6.66. The molecule has 0 saturated carbocycles. The maximum Gasteiger partial charge on any atom is 0.126 e. The van der Waals surface area contributed by atoms with Crippen LogP contribution >= 0.6 is 0 Å². The van der Waals surface area contributed by atoms with E-state index in [0.717, 1.165) is 6.08 Å². The van der Waals surface area contributed by atoms with Crippen LogP contribution in [-0.2, 0) is 4.79 Å². The summed E-state index contributed by atoms with van der Waals surface area (Å²) in [5.74, 6) is 1.43. The summed E-state index contributed by atoms with van der Waals surface area (Å²) in [6.07, 6.45) is 2.22. The number of carbonyl (C=O) groups excluding carboxylic acids is 1. The van der Waals surface area contributed by atoms with Crippen LogP contribution in [0.2, 0.25) is 0 Å². The van der Waals surface area contributed by atoms with E-state index in [9.17, 15) is 4.79 Å². The fourth-order valence-electron chi connectivity index (χ4n) is 0.189. The summed E-state index contributed by atoms with van der Waals surface area (Å²) >= 11 is 0. The summed E-state index contributed by atoms with van der Waals surface area (Å²) in [7, 11) is 0. The largest absolute Gasteiger partial charge is 0.410 e. The third kappa shape index (κ3) is 1.95. The van der Waals surface area contributed by atoms with Crippen molar-refractivity contribution in [1.29, 1.82) is 0 Å². The van der Waals surface area contributed by atoms with Gasteiger partial charge in [-0.25, -0.2) is 4.79 Å². The lowest BCUT2D eigenvalue weighted by Crippen LogP contribution is -1.84. The van der Waals surface area contributed by atoms with Crippen LogP contribution in [0.3, 0.4) is 0 Å². The summed E-state index contributed by atoms with van der Waals surface area (Å²) in [5, 5.41) is 10.6. The maximum absolute atomic E-state index is 9.51. The van der Waals surface area contributed by atoms with E-state index in [1.807, 2.05) is 0 Å². The Balaban J connectivity index is 4.12. The van der Waals surface area contributed by atoms with Gasteiger partial charge in [0.1, 0.15) is 11.7 Å². The molecule has 0 amide bonds. The SMILES string of the molecule is C=C/C(C=C=O)=N/O. The molecule has 0 unspecified atom stereocenters. The van der Waals surface area contributed by atoms with Crippen molar-refractivity contribution in [3.05, 3.63) is 18.7 Å². The summed E-state index contributed by atoms with van der Waals surface area (Å²) < 4.78 is 0. The van der Waals surface area contributed by atoms with E-state index in [-0.39, 0.29) is 5.71 Å². The van der Waals surface area contributed by atoms with Gasteiger partial charge in [0.05, 0.1) is 6.08 Å². The van der Waals surface area contributed by atoms with Crippen molar-refractivity contribution < 1.29 is 10.0 Å². The van der Waals surface area contributed by atoms with Crippen molar-refractivity contribution in [2.75, 3.05) is 0 Å². The average Bonchev–Trinajstić information content (AvgIpc) is 1.83. The van der Waals surface area contributed by atoms with Gasteiger partial charge in [-0.3, -0.25) is 0 Å². The molecular formula is C5H5NO2. The van der Waals surface area contributed by atoms with Crippen molar-refractivity contribution in [1.82, 2.24) is 0 Å². The Kier molecular flexibility index (Phi) is 3.19. The van der Waals surface area contributed by atoms with Gasteiger partial charge in [0.15, 0.2) is 0 Å². The van der Waals surface area contributed by atoms with Crippen molar-refractivity contribution in [2.24, 2.45) is 5.16 Å². The molecule has 3 heteroatoms. The van der Waals surface area contributed by atoms with Gasteiger partial charge >= 0.3 is 0 Å². The van der Waals surface area contributed by atoms with E-state index < -0.39 is 0 Å². The van der Waals surface area contributed by atoms with Crippen LogP contribution in [0.5, 0.6) is 0 Å². The third-order valence-electron chi connectivity index (χ3n) is 0.531. The lowest BCUT2D eigenvalue weighted by Gasteiger charge is -1.77. The predicted octanol–water partition coefficient (Wildman–Crippen LogP) is 0.390. The molecule has 3 nitrogen and oxygen atoms in total. The van der Waals surface area contributed by atoms with Crippen LogP contribution in [0.1, 0.15) is 0 Å². The highest BCUT2D eigenvalue weighted by Crippen LogP contribution is 1.75. The number of hydrogen-bond donors (Lipinski definition) is 1. The molecule has 0 rings (SSSR count). The molecular weight excluding hydrogens is 106 g/mol. The quantitative estimate of drug-likeness (QED) is 0.242. The number of rotatable bonds is 2. The smallest absolute Gasteiger partial charge is 0.126 e. The Morgan fingerprint density at radius 2 is 2.50 bits per heavy atom. The monoisotopic (exact) mass is 111 g/mol. The van der Waals surface area contributed by atoms with E-state index in [4.69, 9.17) is 5.21 Å². The first-order chi connectivity index (χ1) is 3.85. The van der Waals surface area contributed by atoms with Crippen LogP contribution in [-0.4, -0.2) is 16.9 Å². The zero-order valence-corrected chi connectivity index (χ0v) is 4.16. The van der Waals surface area contributed by atoms with Crippen molar-refractivity contribution in [2.45, 2.75) is 0 Å². The first-order valence-corrected chi connectivity index (χ1v) is 1.90. The molecule has 0 fully saturated rings. The number of hydrogen-bond acceptors (Lipinski definition) is 3. The molecule has 0 heterocycles. The minimum atomic E-state index is 0.111. The Bertz CT molecular complexity index is 154. The Morgan fingerprint density at radius 1 is 1.88 bits per heavy atom. The second-order valence-electron chi connectivity index (χ2n) is 0.991. The summed E-state index contributed by atoms with van der Waals surface area (Å²) in [6, 6.07) is 0. The van der Waals surface area contributed by atoms with E-state index in [2.05, 4.69) is 11.7 Å². The molecule has 8 heavy (non-hydrogen) atoms. The fraction of sp³-hybridized carbons (Fsp3) is 0. The Morgan fingerprint density at radius 3 is 2.62 bits per heavy atom. The van der Waals surface area contributed by atoms with E-state index in [0.29, 0.717) is 0 Å². The number of allylic oxidation sites excluding steroid dienone is 2. The van der Waals surface area contributed by atoms with Crippen LogP contribution in [0, 0.1) is 0 Å². The predicted molar refractivity (Wildman–Crippen MR) is 29.7 cm³/mol. The van der Waals surface area contributed by atoms with E-state index in [1.54, 1.807) is 0 Å². The molecule has 0 aliphatic carbocycles. The second-order valence-corrected chi connectivity index (χ2v) is 0.991. The van der Waals surface area contributed by atoms with Crippen LogP contribution in [0.15, 0.2) is 23.9 Å². The zero-order chi connectivity index (χ0) is 6.41. The minimum Gasteiger partial charge on any atom is -0.410 e. The van der Waals surface area contributed by atoms with Crippen LogP contribution < -0.4 is 0 Å². The average molecular weight is 111 g/mol. The molecule has 42 valence electrons.